The normalized spacial score (nSPS) is 15.1. The zero-order chi connectivity index (χ0) is 15.6. The minimum atomic E-state index is -4.39. The van der Waals surface area contributed by atoms with Crippen molar-refractivity contribution in [3.05, 3.63) is 54.1 Å². The lowest BCUT2D eigenvalue weighted by molar-refractivity contribution is -0.137. The number of para-hydroxylation sites is 1. The number of anilines is 1. The van der Waals surface area contributed by atoms with Crippen LogP contribution >= 0.6 is 0 Å². The highest BCUT2D eigenvalue weighted by atomic mass is 19.4. The fourth-order valence-corrected chi connectivity index (χ4v) is 2.66. The van der Waals surface area contributed by atoms with Gasteiger partial charge in [-0.2, -0.15) is 13.2 Å². The number of hydrogen-bond donors (Lipinski definition) is 0. The summed E-state index contributed by atoms with van der Waals surface area (Å²) in [7, 11) is 0. The smallest absolute Gasteiger partial charge is 0.418 e. The summed E-state index contributed by atoms with van der Waals surface area (Å²) >= 11 is 0. The molecule has 0 bridgehead atoms. The molecule has 0 saturated carbocycles. The van der Waals surface area contributed by atoms with Crippen LogP contribution in [0.2, 0.25) is 0 Å². The second kappa shape index (κ2) is 5.91. The molecule has 1 aliphatic heterocycles. The third-order valence-electron chi connectivity index (χ3n) is 3.70. The summed E-state index contributed by atoms with van der Waals surface area (Å²) in [6.45, 7) is 1.34. The number of hydrogen-bond acceptors (Lipinski definition) is 2. The summed E-state index contributed by atoms with van der Waals surface area (Å²) in [4.78, 5) is 1.79. The zero-order valence-corrected chi connectivity index (χ0v) is 11.9. The lowest BCUT2D eigenvalue weighted by Gasteiger charge is -2.23. The Labute approximate surface area is 127 Å². The fourth-order valence-electron chi connectivity index (χ4n) is 2.66. The predicted molar refractivity (Wildman–Crippen MR) is 79.4 cm³/mol. The molecule has 0 aromatic heterocycles. The Morgan fingerprint density at radius 2 is 1.55 bits per heavy atom. The van der Waals surface area contributed by atoms with Crippen LogP contribution in [0.25, 0.3) is 0 Å². The zero-order valence-electron chi connectivity index (χ0n) is 11.9. The van der Waals surface area contributed by atoms with Gasteiger partial charge >= 0.3 is 6.18 Å². The number of benzene rings is 2. The molecule has 2 aromatic carbocycles. The first-order chi connectivity index (χ1) is 10.5. The Balaban J connectivity index is 1.93. The Bertz CT molecular complexity index is 634. The predicted octanol–water partition coefficient (Wildman–Crippen LogP) is 5.10. The monoisotopic (exact) mass is 307 g/mol. The van der Waals surface area contributed by atoms with E-state index in [9.17, 15) is 13.2 Å². The highest BCUT2D eigenvalue weighted by Crippen LogP contribution is 2.40. The van der Waals surface area contributed by atoms with Crippen molar-refractivity contribution in [2.24, 2.45) is 0 Å². The molecular formula is C17H16F3NO. The topological polar surface area (TPSA) is 12.5 Å². The molecule has 0 spiro atoms. The second-order valence-corrected chi connectivity index (χ2v) is 5.29. The molecule has 0 atom stereocenters. The number of alkyl halides is 3. The van der Waals surface area contributed by atoms with Crippen molar-refractivity contribution in [2.75, 3.05) is 18.0 Å². The summed E-state index contributed by atoms with van der Waals surface area (Å²) < 4.78 is 45.5. The SMILES string of the molecule is FC(F)(F)c1cc(Oc2ccccc2)ccc1N1CCCC1. The molecule has 3 rings (SSSR count). The molecule has 22 heavy (non-hydrogen) atoms. The number of halogens is 3. The molecule has 0 unspecified atom stereocenters. The molecular weight excluding hydrogens is 291 g/mol. The van der Waals surface area contributed by atoms with Crippen molar-refractivity contribution < 1.29 is 17.9 Å². The van der Waals surface area contributed by atoms with Gasteiger partial charge in [0.2, 0.25) is 0 Å². The minimum Gasteiger partial charge on any atom is -0.457 e. The number of nitrogens with zero attached hydrogens (tertiary/aromatic N) is 1. The molecule has 0 N–H and O–H groups in total. The average molecular weight is 307 g/mol. The van der Waals surface area contributed by atoms with Crippen molar-refractivity contribution in [1.29, 1.82) is 0 Å². The first-order valence-electron chi connectivity index (χ1n) is 7.23. The van der Waals surface area contributed by atoms with Crippen molar-refractivity contribution in [3.8, 4) is 11.5 Å². The quantitative estimate of drug-likeness (QED) is 0.782. The van der Waals surface area contributed by atoms with E-state index >= 15 is 0 Å². The van der Waals surface area contributed by atoms with Crippen LogP contribution in [0, 0.1) is 0 Å². The molecule has 2 nitrogen and oxygen atoms in total. The van der Waals surface area contributed by atoms with Crippen LogP contribution in [-0.2, 0) is 6.18 Å². The number of rotatable bonds is 3. The highest BCUT2D eigenvalue weighted by Gasteiger charge is 2.36. The van der Waals surface area contributed by atoms with E-state index < -0.39 is 11.7 Å². The van der Waals surface area contributed by atoms with Crippen LogP contribution in [0.3, 0.4) is 0 Å². The molecule has 0 aliphatic carbocycles. The lowest BCUT2D eigenvalue weighted by Crippen LogP contribution is -2.22. The van der Waals surface area contributed by atoms with Gasteiger partial charge < -0.3 is 9.64 Å². The Hall–Kier alpha value is -2.17. The second-order valence-electron chi connectivity index (χ2n) is 5.29. The van der Waals surface area contributed by atoms with Gasteiger partial charge in [0.15, 0.2) is 0 Å². The van der Waals surface area contributed by atoms with Crippen molar-refractivity contribution in [2.45, 2.75) is 19.0 Å². The molecule has 1 fully saturated rings. The van der Waals surface area contributed by atoms with Crippen molar-refractivity contribution >= 4 is 5.69 Å². The molecule has 0 amide bonds. The van der Waals surface area contributed by atoms with Gasteiger partial charge in [-0.15, -0.1) is 0 Å². The Kier molecular flexibility index (Phi) is 3.96. The van der Waals surface area contributed by atoms with Crippen molar-refractivity contribution in [1.82, 2.24) is 0 Å². The molecule has 1 saturated heterocycles. The molecule has 5 heteroatoms. The van der Waals surface area contributed by atoms with E-state index in [0.29, 0.717) is 18.8 Å². The Morgan fingerprint density at radius 3 is 2.18 bits per heavy atom. The maximum absolute atomic E-state index is 13.3. The Morgan fingerprint density at radius 1 is 0.864 bits per heavy atom. The van der Waals surface area contributed by atoms with Gasteiger partial charge in [-0.05, 0) is 43.2 Å². The lowest BCUT2D eigenvalue weighted by atomic mass is 10.1. The van der Waals surface area contributed by atoms with Crippen molar-refractivity contribution in [3.63, 3.8) is 0 Å². The van der Waals surface area contributed by atoms with Gasteiger partial charge in [0.1, 0.15) is 11.5 Å². The summed E-state index contributed by atoms with van der Waals surface area (Å²) in [5, 5.41) is 0. The van der Waals surface area contributed by atoms with E-state index in [4.69, 9.17) is 4.74 Å². The fraction of sp³-hybridized carbons (Fsp3) is 0.294. The van der Waals surface area contributed by atoms with Crippen LogP contribution in [0.5, 0.6) is 11.5 Å². The first kappa shape index (κ1) is 14.8. The summed E-state index contributed by atoms with van der Waals surface area (Å²) in [5.41, 5.74) is -0.395. The maximum Gasteiger partial charge on any atom is 0.418 e. The van der Waals surface area contributed by atoms with Gasteiger partial charge in [0, 0.05) is 18.8 Å². The van der Waals surface area contributed by atoms with Crippen LogP contribution < -0.4 is 9.64 Å². The van der Waals surface area contributed by atoms with Gasteiger partial charge in [-0.25, -0.2) is 0 Å². The minimum absolute atomic E-state index is 0.196. The van der Waals surface area contributed by atoms with Crippen LogP contribution in [0.1, 0.15) is 18.4 Å². The van der Waals surface area contributed by atoms with Gasteiger partial charge in [0.05, 0.1) is 5.56 Å². The van der Waals surface area contributed by atoms with Gasteiger partial charge in [-0.3, -0.25) is 0 Å². The van der Waals surface area contributed by atoms with Crippen LogP contribution in [0.15, 0.2) is 48.5 Å². The summed E-state index contributed by atoms with van der Waals surface area (Å²) in [5.74, 6) is 0.714. The standard InChI is InChI=1S/C17H16F3NO/c18-17(19,20)15-12-14(22-13-6-2-1-3-7-13)8-9-16(15)21-10-4-5-11-21/h1-3,6-9,12H,4-5,10-11H2. The summed E-state index contributed by atoms with van der Waals surface area (Å²) in [6, 6.07) is 13.0. The van der Waals surface area contributed by atoms with E-state index in [1.807, 2.05) is 6.07 Å². The first-order valence-corrected chi connectivity index (χ1v) is 7.23. The van der Waals surface area contributed by atoms with Gasteiger partial charge in [-0.1, -0.05) is 18.2 Å². The van der Waals surface area contributed by atoms with E-state index in [2.05, 4.69) is 0 Å². The number of ether oxygens (including phenoxy) is 1. The molecule has 1 heterocycles. The largest absolute Gasteiger partial charge is 0.457 e. The van der Waals surface area contributed by atoms with E-state index in [1.54, 1.807) is 35.2 Å². The van der Waals surface area contributed by atoms with Crippen LogP contribution in [-0.4, -0.2) is 13.1 Å². The maximum atomic E-state index is 13.3. The van der Waals surface area contributed by atoms with E-state index in [1.165, 1.54) is 6.07 Å². The van der Waals surface area contributed by atoms with Gasteiger partial charge in [0.25, 0.3) is 0 Å². The van der Waals surface area contributed by atoms with E-state index in [-0.39, 0.29) is 11.4 Å². The van der Waals surface area contributed by atoms with E-state index in [0.717, 1.165) is 18.9 Å². The average Bonchev–Trinajstić information content (AvgIpc) is 3.01. The highest BCUT2D eigenvalue weighted by molar-refractivity contribution is 5.58. The third kappa shape index (κ3) is 3.18. The molecule has 1 aliphatic rings. The molecule has 116 valence electrons. The summed E-state index contributed by atoms with van der Waals surface area (Å²) in [6.07, 6.45) is -2.53. The molecule has 0 radical (unpaired) electrons. The van der Waals surface area contributed by atoms with Crippen LogP contribution in [0.4, 0.5) is 18.9 Å². The molecule has 2 aromatic rings. The third-order valence-corrected chi connectivity index (χ3v) is 3.70.